The van der Waals surface area contributed by atoms with E-state index in [1.807, 2.05) is 6.08 Å². The molecule has 0 fully saturated rings. The average Bonchev–Trinajstić information content (AvgIpc) is 2.39. The van der Waals surface area contributed by atoms with Gasteiger partial charge >= 0.3 is 0 Å². The Labute approximate surface area is 104 Å². The van der Waals surface area contributed by atoms with E-state index in [4.69, 9.17) is 0 Å². The van der Waals surface area contributed by atoms with Crippen LogP contribution >= 0.6 is 0 Å². The van der Waals surface area contributed by atoms with Crippen molar-refractivity contribution in [1.29, 1.82) is 0 Å². The van der Waals surface area contributed by atoms with Crippen molar-refractivity contribution in [3.05, 3.63) is 77.9 Å². The standard InChI is InChI=1S/C17H18/c1-4-14-10-8-9-13-16(14)17(2,3)15-11-6-5-7-12-15/h4-13H,1H2,2-3H3. The molecule has 17 heavy (non-hydrogen) atoms. The van der Waals surface area contributed by atoms with Crippen LogP contribution in [0, 0.1) is 0 Å². The van der Waals surface area contributed by atoms with Gasteiger partial charge in [-0.15, -0.1) is 0 Å². The maximum atomic E-state index is 3.90. The molecule has 0 unspecified atom stereocenters. The van der Waals surface area contributed by atoms with Crippen LogP contribution in [0.1, 0.15) is 30.5 Å². The van der Waals surface area contributed by atoms with Crippen molar-refractivity contribution in [2.24, 2.45) is 0 Å². The van der Waals surface area contributed by atoms with Crippen molar-refractivity contribution in [2.75, 3.05) is 0 Å². The molecular formula is C17H18. The number of benzene rings is 2. The summed E-state index contributed by atoms with van der Waals surface area (Å²) in [5.74, 6) is 0. The van der Waals surface area contributed by atoms with Crippen LogP contribution in [0.4, 0.5) is 0 Å². The van der Waals surface area contributed by atoms with Crippen LogP contribution < -0.4 is 0 Å². The Morgan fingerprint density at radius 1 is 0.882 bits per heavy atom. The fraction of sp³-hybridized carbons (Fsp3) is 0.176. The zero-order valence-electron chi connectivity index (χ0n) is 10.5. The van der Waals surface area contributed by atoms with Crippen molar-refractivity contribution < 1.29 is 0 Å². The molecule has 2 aromatic carbocycles. The van der Waals surface area contributed by atoms with Crippen LogP contribution in [0.5, 0.6) is 0 Å². The zero-order valence-corrected chi connectivity index (χ0v) is 10.5. The van der Waals surface area contributed by atoms with Gasteiger partial charge in [-0.3, -0.25) is 0 Å². The van der Waals surface area contributed by atoms with E-state index in [0.29, 0.717) is 0 Å². The molecule has 0 bridgehead atoms. The van der Waals surface area contributed by atoms with Crippen LogP contribution in [-0.4, -0.2) is 0 Å². The third-order valence-electron chi connectivity index (χ3n) is 3.35. The van der Waals surface area contributed by atoms with Crippen molar-refractivity contribution in [3.8, 4) is 0 Å². The minimum atomic E-state index is 0.00600. The lowest BCUT2D eigenvalue weighted by Crippen LogP contribution is -2.19. The summed E-state index contributed by atoms with van der Waals surface area (Å²) in [6.07, 6.45) is 1.93. The highest BCUT2D eigenvalue weighted by Crippen LogP contribution is 2.33. The van der Waals surface area contributed by atoms with Gasteiger partial charge in [-0.05, 0) is 16.7 Å². The quantitative estimate of drug-likeness (QED) is 0.708. The molecule has 0 nitrogen and oxygen atoms in total. The molecule has 0 atom stereocenters. The van der Waals surface area contributed by atoms with Gasteiger partial charge in [0.15, 0.2) is 0 Å². The third-order valence-corrected chi connectivity index (χ3v) is 3.35. The van der Waals surface area contributed by atoms with E-state index < -0.39 is 0 Å². The molecule has 0 aliphatic carbocycles. The third kappa shape index (κ3) is 2.16. The van der Waals surface area contributed by atoms with Crippen molar-refractivity contribution in [3.63, 3.8) is 0 Å². The highest BCUT2D eigenvalue weighted by molar-refractivity contribution is 5.56. The molecule has 0 amide bonds. The summed E-state index contributed by atoms with van der Waals surface area (Å²) in [6.45, 7) is 8.41. The number of hydrogen-bond acceptors (Lipinski definition) is 0. The summed E-state index contributed by atoms with van der Waals surface area (Å²) in [7, 11) is 0. The Bertz CT molecular complexity index is 507. The van der Waals surface area contributed by atoms with Gasteiger partial charge < -0.3 is 0 Å². The highest BCUT2D eigenvalue weighted by Gasteiger charge is 2.24. The van der Waals surface area contributed by atoms with Gasteiger partial charge in [-0.2, -0.15) is 0 Å². The van der Waals surface area contributed by atoms with E-state index in [2.05, 4.69) is 75.0 Å². The Morgan fingerprint density at radius 3 is 2.12 bits per heavy atom. The molecule has 0 N–H and O–H groups in total. The summed E-state index contributed by atoms with van der Waals surface area (Å²) in [5, 5.41) is 0. The molecule has 2 aromatic rings. The lowest BCUT2D eigenvalue weighted by molar-refractivity contribution is 0.639. The molecule has 0 heterocycles. The van der Waals surface area contributed by atoms with Gasteiger partial charge in [0.1, 0.15) is 0 Å². The first kappa shape index (κ1) is 11.7. The largest absolute Gasteiger partial charge is 0.0985 e. The fourth-order valence-electron chi connectivity index (χ4n) is 2.25. The number of hydrogen-bond donors (Lipinski definition) is 0. The summed E-state index contributed by atoms with van der Waals surface area (Å²) in [4.78, 5) is 0. The second-order valence-electron chi connectivity index (χ2n) is 4.78. The van der Waals surface area contributed by atoms with Crippen molar-refractivity contribution in [2.45, 2.75) is 19.3 Å². The summed E-state index contributed by atoms with van der Waals surface area (Å²) < 4.78 is 0. The minimum Gasteiger partial charge on any atom is -0.0985 e. The average molecular weight is 222 g/mol. The van der Waals surface area contributed by atoms with E-state index in [9.17, 15) is 0 Å². The van der Waals surface area contributed by atoms with Gasteiger partial charge in [0.25, 0.3) is 0 Å². The van der Waals surface area contributed by atoms with Crippen LogP contribution in [-0.2, 0) is 5.41 Å². The van der Waals surface area contributed by atoms with E-state index in [1.165, 1.54) is 16.7 Å². The molecule has 0 spiro atoms. The van der Waals surface area contributed by atoms with Crippen molar-refractivity contribution in [1.82, 2.24) is 0 Å². The van der Waals surface area contributed by atoms with Gasteiger partial charge in [0, 0.05) is 5.41 Å². The monoisotopic (exact) mass is 222 g/mol. The summed E-state index contributed by atoms with van der Waals surface area (Å²) >= 11 is 0. The van der Waals surface area contributed by atoms with Crippen LogP contribution in [0.25, 0.3) is 6.08 Å². The second kappa shape index (κ2) is 4.58. The predicted octanol–water partition coefficient (Wildman–Crippen LogP) is 4.66. The molecule has 0 aromatic heterocycles. The van der Waals surface area contributed by atoms with Crippen LogP contribution in [0.2, 0.25) is 0 Å². The molecule has 0 aliphatic heterocycles. The molecule has 0 radical (unpaired) electrons. The lowest BCUT2D eigenvalue weighted by atomic mass is 9.76. The Kier molecular flexibility index (Phi) is 3.14. The van der Waals surface area contributed by atoms with Crippen LogP contribution in [0.3, 0.4) is 0 Å². The Hall–Kier alpha value is -1.82. The minimum absolute atomic E-state index is 0.00600. The molecule has 0 aliphatic rings. The number of rotatable bonds is 3. The van der Waals surface area contributed by atoms with Gasteiger partial charge in [-0.1, -0.05) is 81.1 Å². The smallest absolute Gasteiger partial charge is 0.0152 e. The molecule has 0 saturated heterocycles. The molecule has 0 saturated carbocycles. The van der Waals surface area contributed by atoms with Crippen molar-refractivity contribution >= 4 is 6.08 Å². The Morgan fingerprint density at radius 2 is 1.47 bits per heavy atom. The first-order valence-electron chi connectivity index (χ1n) is 5.93. The lowest BCUT2D eigenvalue weighted by Gasteiger charge is -2.27. The van der Waals surface area contributed by atoms with Gasteiger partial charge in [-0.25, -0.2) is 0 Å². The molecular weight excluding hydrogens is 204 g/mol. The maximum Gasteiger partial charge on any atom is 0.0152 e. The predicted molar refractivity (Wildman–Crippen MR) is 75.1 cm³/mol. The van der Waals surface area contributed by atoms with Crippen LogP contribution in [0.15, 0.2) is 61.2 Å². The summed E-state index contributed by atoms with van der Waals surface area (Å²) in [6, 6.07) is 19.0. The maximum absolute atomic E-state index is 3.90. The summed E-state index contributed by atoms with van der Waals surface area (Å²) in [5.41, 5.74) is 3.86. The zero-order chi connectivity index (χ0) is 12.3. The highest BCUT2D eigenvalue weighted by atomic mass is 14.3. The van der Waals surface area contributed by atoms with E-state index in [1.54, 1.807) is 0 Å². The molecule has 86 valence electrons. The second-order valence-corrected chi connectivity index (χ2v) is 4.78. The Balaban J connectivity index is 2.55. The van der Waals surface area contributed by atoms with Gasteiger partial charge in [0.2, 0.25) is 0 Å². The molecule has 2 rings (SSSR count). The first-order chi connectivity index (χ1) is 8.16. The first-order valence-corrected chi connectivity index (χ1v) is 5.93. The topological polar surface area (TPSA) is 0 Å². The van der Waals surface area contributed by atoms with E-state index in [-0.39, 0.29) is 5.41 Å². The van der Waals surface area contributed by atoms with E-state index in [0.717, 1.165) is 0 Å². The molecule has 0 heteroatoms. The fourth-order valence-corrected chi connectivity index (χ4v) is 2.25. The van der Waals surface area contributed by atoms with Gasteiger partial charge in [0.05, 0.1) is 0 Å². The normalized spacial score (nSPS) is 11.2. The van der Waals surface area contributed by atoms with E-state index >= 15 is 0 Å². The SMILES string of the molecule is C=Cc1ccccc1C(C)(C)c1ccccc1.